The van der Waals surface area contributed by atoms with Crippen molar-refractivity contribution in [2.45, 2.75) is 19.2 Å². The summed E-state index contributed by atoms with van der Waals surface area (Å²) < 4.78 is 46.6. The molecule has 0 heterocycles. The number of alkyl halides is 3. The molecule has 0 aromatic heterocycles. The SMILES string of the molecule is COC(=O)[C@H](C)Oc1cccc(C(F)(F)F)c1. The molecule has 1 aromatic rings. The van der Waals surface area contributed by atoms with E-state index >= 15 is 0 Å². The molecule has 0 radical (unpaired) electrons. The van der Waals surface area contributed by atoms with Crippen LogP contribution in [0, 0.1) is 0 Å². The molecular weight excluding hydrogens is 237 g/mol. The molecule has 0 saturated heterocycles. The van der Waals surface area contributed by atoms with Crippen LogP contribution in [-0.2, 0) is 15.7 Å². The Morgan fingerprint density at radius 1 is 1.35 bits per heavy atom. The van der Waals surface area contributed by atoms with Crippen molar-refractivity contribution in [1.82, 2.24) is 0 Å². The van der Waals surface area contributed by atoms with Crippen molar-refractivity contribution in [2.75, 3.05) is 7.11 Å². The molecule has 0 N–H and O–H groups in total. The van der Waals surface area contributed by atoms with Crippen molar-refractivity contribution >= 4 is 5.97 Å². The van der Waals surface area contributed by atoms with Gasteiger partial charge >= 0.3 is 12.1 Å². The van der Waals surface area contributed by atoms with E-state index in [1.54, 1.807) is 0 Å². The summed E-state index contributed by atoms with van der Waals surface area (Å²) in [5, 5.41) is 0. The predicted octanol–water partition coefficient (Wildman–Crippen LogP) is 2.65. The Labute approximate surface area is 96.1 Å². The van der Waals surface area contributed by atoms with Gasteiger partial charge in [0.05, 0.1) is 12.7 Å². The fourth-order valence-electron chi connectivity index (χ4n) is 1.16. The van der Waals surface area contributed by atoms with Crippen molar-refractivity contribution in [3.8, 4) is 5.75 Å². The Morgan fingerprint density at radius 2 is 2.00 bits per heavy atom. The highest BCUT2D eigenvalue weighted by Crippen LogP contribution is 2.31. The van der Waals surface area contributed by atoms with E-state index < -0.39 is 23.8 Å². The molecule has 1 atom stereocenters. The minimum atomic E-state index is -4.44. The fourth-order valence-corrected chi connectivity index (χ4v) is 1.16. The zero-order chi connectivity index (χ0) is 13.1. The second kappa shape index (κ2) is 5.07. The standard InChI is InChI=1S/C11H11F3O3/c1-7(10(15)16-2)17-9-5-3-4-8(6-9)11(12,13)14/h3-7H,1-2H3/t7-/m0/s1. The molecule has 0 spiro atoms. The van der Waals surface area contributed by atoms with E-state index in [4.69, 9.17) is 4.74 Å². The summed E-state index contributed by atoms with van der Waals surface area (Å²) in [6.07, 6.45) is -5.39. The number of ether oxygens (including phenoxy) is 2. The lowest BCUT2D eigenvalue weighted by Gasteiger charge is -2.14. The van der Waals surface area contributed by atoms with Crippen LogP contribution >= 0.6 is 0 Å². The van der Waals surface area contributed by atoms with Gasteiger partial charge in [0.1, 0.15) is 5.75 Å². The normalized spacial score (nSPS) is 13.0. The number of benzene rings is 1. The van der Waals surface area contributed by atoms with Crippen LogP contribution in [0.5, 0.6) is 5.75 Å². The molecule has 0 aliphatic heterocycles. The van der Waals surface area contributed by atoms with E-state index in [1.807, 2.05) is 0 Å². The Balaban J connectivity index is 2.83. The van der Waals surface area contributed by atoms with Crippen molar-refractivity contribution in [3.63, 3.8) is 0 Å². The third-order valence-electron chi connectivity index (χ3n) is 2.01. The Bertz CT molecular complexity index is 401. The second-order valence-corrected chi connectivity index (χ2v) is 3.31. The molecule has 0 fully saturated rings. The molecule has 94 valence electrons. The third-order valence-corrected chi connectivity index (χ3v) is 2.01. The van der Waals surface area contributed by atoms with Crippen LogP contribution in [0.25, 0.3) is 0 Å². The average Bonchev–Trinajstić information content (AvgIpc) is 2.27. The van der Waals surface area contributed by atoms with Crippen LogP contribution in [0.3, 0.4) is 0 Å². The average molecular weight is 248 g/mol. The van der Waals surface area contributed by atoms with Gasteiger partial charge in [-0.05, 0) is 25.1 Å². The minimum Gasteiger partial charge on any atom is -0.479 e. The summed E-state index contributed by atoms with van der Waals surface area (Å²) in [6, 6.07) is 4.31. The number of hydrogen-bond acceptors (Lipinski definition) is 3. The number of carbonyl (C=O) groups is 1. The number of methoxy groups -OCH3 is 1. The zero-order valence-electron chi connectivity index (χ0n) is 9.25. The Kier molecular flexibility index (Phi) is 3.98. The first-order valence-corrected chi connectivity index (χ1v) is 4.76. The summed E-state index contributed by atoms with van der Waals surface area (Å²) in [5.41, 5.74) is -0.827. The first kappa shape index (κ1) is 13.3. The molecule has 0 aliphatic carbocycles. The number of carbonyl (C=O) groups excluding carboxylic acids is 1. The van der Waals surface area contributed by atoms with Gasteiger partial charge < -0.3 is 9.47 Å². The van der Waals surface area contributed by atoms with E-state index in [2.05, 4.69) is 4.74 Å². The van der Waals surface area contributed by atoms with Crippen molar-refractivity contribution in [3.05, 3.63) is 29.8 Å². The lowest BCUT2D eigenvalue weighted by Crippen LogP contribution is -2.25. The molecule has 1 rings (SSSR count). The van der Waals surface area contributed by atoms with Crippen LogP contribution in [-0.4, -0.2) is 19.2 Å². The van der Waals surface area contributed by atoms with Gasteiger partial charge in [0.25, 0.3) is 0 Å². The van der Waals surface area contributed by atoms with Crippen molar-refractivity contribution in [1.29, 1.82) is 0 Å². The topological polar surface area (TPSA) is 35.5 Å². The van der Waals surface area contributed by atoms with E-state index in [0.717, 1.165) is 12.1 Å². The quantitative estimate of drug-likeness (QED) is 0.771. The maximum Gasteiger partial charge on any atom is 0.416 e. The third kappa shape index (κ3) is 3.65. The highest BCUT2D eigenvalue weighted by molar-refractivity contribution is 5.74. The van der Waals surface area contributed by atoms with Crippen molar-refractivity contribution in [2.24, 2.45) is 0 Å². The summed E-state index contributed by atoms with van der Waals surface area (Å²) in [6.45, 7) is 1.39. The molecule has 0 saturated carbocycles. The first-order valence-electron chi connectivity index (χ1n) is 4.76. The second-order valence-electron chi connectivity index (χ2n) is 3.31. The van der Waals surface area contributed by atoms with E-state index in [0.29, 0.717) is 0 Å². The van der Waals surface area contributed by atoms with Gasteiger partial charge in [0, 0.05) is 0 Å². The summed E-state index contributed by atoms with van der Waals surface area (Å²) >= 11 is 0. The van der Waals surface area contributed by atoms with Gasteiger partial charge in [-0.25, -0.2) is 4.79 Å². The predicted molar refractivity (Wildman–Crippen MR) is 53.6 cm³/mol. The highest BCUT2D eigenvalue weighted by atomic mass is 19.4. The zero-order valence-corrected chi connectivity index (χ0v) is 9.25. The number of hydrogen-bond donors (Lipinski definition) is 0. The molecule has 3 nitrogen and oxygen atoms in total. The van der Waals surface area contributed by atoms with Gasteiger partial charge in [-0.2, -0.15) is 13.2 Å². The van der Waals surface area contributed by atoms with Crippen LogP contribution in [0.1, 0.15) is 12.5 Å². The molecular formula is C11H11F3O3. The molecule has 0 amide bonds. The van der Waals surface area contributed by atoms with E-state index in [-0.39, 0.29) is 5.75 Å². The lowest BCUT2D eigenvalue weighted by atomic mass is 10.2. The van der Waals surface area contributed by atoms with Crippen LogP contribution < -0.4 is 4.74 Å². The minimum absolute atomic E-state index is 0.0299. The van der Waals surface area contributed by atoms with Crippen molar-refractivity contribution < 1.29 is 27.4 Å². The largest absolute Gasteiger partial charge is 0.479 e. The Morgan fingerprint density at radius 3 is 2.53 bits per heavy atom. The molecule has 0 bridgehead atoms. The fraction of sp³-hybridized carbons (Fsp3) is 0.364. The molecule has 6 heteroatoms. The smallest absolute Gasteiger partial charge is 0.416 e. The summed E-state index contributed by atoms with van der Waals surface area (Å²) in [4.78, 5) is 11.0. The van der Waals surface area contributed by atoms with Gasteiger partial charge in [0.2, 0.25) is 0 Å². The van der Waals surface area contributed by atoms with Gasteiger partial charge in [-0.3, -0.25) is 0 Å². The van der Waals surface area contributed by atoms with Crippen LogP contribution in [0.4, 0.5) is 13.2 Å². The monoisotopic (exact) mass is 248 g/mol. The first-order chi connectivity index (χ1) is 7.84. The highest BCUT2D eigenvalue weighted by Gasteiger charge is 2.30. The van der Waals surface area contributed by atoms with E-state index in [9.17, 15) is 18.0 Å². The van der Waals surface area contributed by atoms with E-state index in [1.165, 1.54) is 26.2 Å². The molecule has 17 heavy (non-hydrogen) atoms. The van der Waals surface area contributed by atoms with Gasteiger partial charge in [0.15, 0.2) is 6.10 Å². The van der Waals surface area contributed by atoms with Crippen LogP contribution in [0.15, 0.2) is 24.3 Å². The maximum atomic E-state index is 12.4. The number of rotatable bonds is 3. The Hall–Kier alpha value is -1.72. The molecule has 0 aliphatic rings. The number of halogens is 3. The van der Waals surface area contributed by atoms with Gasteiger partial charge in [-0.1, -0.05) is 6.07 Å². The maximum absolute atomic E-state index is 12.4. The van der Waals surface area contributed by atoms with Gasteiger partial charge in [-0.15, -0.1) is 0 Å². The molecule has 0 unspecified atom stereocenters. The number of esters is 1. The summed E-state index contributed by atoms with van der Waals surface area (Å²) in [5.74, 6) is -0.680. The summed E-state index contributed by atoms with van der Waals surface area (Å²) in [7, 11) is 1.17. The molecule has 1 aromatic carbocycles. The van der Waals surface area contributed by atoms with Crippen LogP contribution in [0.2, 0.25) is 0 Å². The lowest BCUT2D eigenvalue weighted by molar-refractivity contribution is -0.147.